The highest BCUT2D eigenvalue weighted by atomic mass is 32.2. The van der Waals surface area contributed by atoms with E-state index in [0.29, 0.717) is 12.2 Å². The lowest BCUT2D eigenvalue weighted by Crippen LogP contribution is -2.54. The number of nitrogens with zero attached hydrogens (tertiary/aromatic N) is 1. The minimum Gasteiger partial charge on any atom is -0.466 e. The molecule has 1 fully saturated rings. The van der Waals surface area contributed by atoms with Crippen LogP contribution in [0.1, 0.15) is 76.1 Å². The van der Waals surface area contributed by atoms with Crippen molar-refractivity contribution in [2.24, 2.45) is 0 Å². The number of thioether (sulfide) groups is 1. The number of nitrogens with one attached hydrogen (secondary N) is 2. The lowest BCUT2D eigenvalue weighted by molar-refractivity contribution is -0.144. The van der Waals surface area contributed by atoms with Crippen molar-refractivity contribution in [3.05, 3.63) is 34.9 Å². The lowest BCUT2D eigenvalue weighted by atomic mass is 9.93. The van der Waals surface area contributed by atoms with Crippen LogP contribution < -0.4 is 10.6 Å². The summed E-state index contributed by atoms with van der Waals surface area (Å²) in [5, 5.41) is 5.61. The van der Waals surface area contributed by atoms with Crippen molar-refractivity contribution in [2.75, 3.05) is 25.2 Å². The topological polar surface area (TPSA) is 114 Å². The van der Waals surface area contributed by atoms with Crippen molar-refractivity contribution in [1.29, 1.82) is 0 Å². The molecule has 9 nitrogen and oxygen atoms in total. The third-order valence-corrected chi connectivity index (χ3v) is 6.71. The molecule has 0 radical (unpaired) electrons. The van der Waals surface area contributed by atoms with Crippen LogP contribution in [0.5, 0.6) is 0 Å². The maximum absolute atomic E-state index is 14.1. The summed E-state index contributed by atoms with van der Waals surface area (Å²) in [6, 6.07) is 3.87. The number of hydrogen-bond donors (Lipinski definition) is 2. The fourth-order valence-corrected chi connectivity index (χ4v) is 4.74. The maximum Gasteiger partial charge on any atom is 0.408 e. The van der Waals surface area contributed by atoms with Gasteiger partial charge >= 0.3 is 12.1 Å². The Hall–Kier alpha value is -2.75. The van der Waals surface area contributed by atoms with Gasteiger partial charge in [0.1, 0.15) is 17.7 Å². The molecule has 0 aromatic heterocycles. The van der Waals surface area contributed by atoms with Gasteiger partial charge in [-0.05, 0) is 89.5 Å². The van der Waals surface area contributed by atoms with Crippen molar-refractivity contribution in [1.82, 2.24) is 15.5 Å². The predicted molar refractivity (Wildman–Crippen MR) is 149 cm³/mol. The fourth-order valence-electron chi connectivity index (χ4n) is 4.27. The summed E-state index contributed by atoms with van der Waals surface area (Å²) in [7, 11) is 0. The number of aryl methyl sites for hydroxylation is 2. The molecule has 10 heteroatoms. The summed E-state index contributed by atoms with van der Waals surface area (Å²) in [5.41, 5.74) is 1.80. The summed E-state index contributed by atoms with van der Waals surface area (Å²) in [6.45, 7) is 11.2. The Morgan fingerprint density at radius 3 is 2.29 bits per heavy atom. The average Bonchev–Trinajstić information content (AvgIpc) is 3.64. The molecule has 1 aliphatic rings. The van der Waals surface area contributed by atoms with Crippen LogP contribution in [0.4, 0.5) is 4.79 Å². The zero-order valence-electron chi connectivity index (χ0n) is 23.7. The highest BCUT2D eigenvalue weighted by Crippen LogP contribution is 2.38. The largest absolute Gasteiger partial charge is 0.466 e. The molecule has 3 amide bonds. The van der Waals surface area contributed by atoms with E-state index < -0.39 is 29.7 Å². The molecule has 1 aliphatic carbocycles. The highest BCUT2D eigenvalue weighted by molar-refractivity contribution is 7.98. The Morgan fingerprint density at radius 1 is 1.13 bits per heavy atom. The number of alkyl carbamates (subject to hydrolysis) is 1. The van der Waals surface area contributed by atoms with E-state index in [1.807, 2.05) is 38.3 Å². The molecule has 0 bridgehead atoms. The van der Waals surface area contributed by atoms with Gasteiger partial charge < -0.3 is 25.0 Å². The molecule has 1 aromatic rings. The first kappa shape index (κ1) is 31.5. The van der Waals surface area contributed by atoms with Crippen LogP contribution in [0.25, 0.3) is 0 Å². The van der Waals surface area contributed by atoms with Crippen molar-refractivity contribution < 1.29 is 28.7 Å². The normalized spacial score (nSPS) is 14.7. The first-order chi connectivity index (χ1) is 17.9. The van der Waals surface area contributed by atoms with E-state index >= 15 is 0 Å². The van der Waals surface area contributed by atoms with Gasteiger partial charge in [-0.1, -0.05) is 18.2 Å². The van der Waals surface area contributed by atoms with Gasteiger partial charge in [-0.3, -0.25) is 14.4 Å². The number of ether oxygens (including phenoxy) is 2. The number of amides is 3. The molecule has 212 valence electrons. The second-order valence-electron chi connectivity index (χ2n) is 10.5. The van der Waals surface area contributed by atoms with Crippen LogP contribution in [0.2, 0.25) is 0 Å². The minimum absolute atomic E-state index is 0.0347. The van der Waals surface area contributed by atoms with Crippen LogP contribution >= 0.6 is 11.8 Å². The van der Waals surface area contributed by atoms with Crippen molar-refractivity contribution in [3.63, 3.8) is 0 Å². The van der Waals surface area contributed by atoms with Gasteiger partial charge in [-0.15, -0.1) is 0 Å². The zero-order chi connectivity index (χ0) is 28.5. The first-order valence-electron chi connectivity index (χ1n) is 13.2. The number of carbonyl (C=O) groups excluding carboxylic acids is 4. The van der Waals surface area contributed by atoms with E-state index in [2.05, 4.69) is 10.6 Å². The Labute approximate surface area is 230 Å². The quantitative estimate of drug-likeness (QED) is 0.357. The SMILES string of the molecule is CCOC(=O)CCNC(=O)C(c1c(C)cccc1C)N(C(=O)C(CCSC)NC(=O)OC(C)(C)C)C1CC1. The zero-order valence-corrected chi connectivity index (χ0v) is 24.5. The number of carbonyl (C=O) groups is 4. The molecule has 0 heterocycles. The molecule has 1 saturated carbocycles. The standard InChI is InChI=1S/C28H43N3O6S/c1-8-36-22(32)14-16-29-25(33)24(23-18(2)10-9-11-19(23)3)31(20-12-13-20)26(34)21(15-17-38-7)30-27(35)37-28(4,5)6/h9-11,20-21,24H,8,12-17H2,1-7H3,(H,29,33)(H,30,35). The fraction of sp³-hybridized carbons (Fsp3) is 0.643. The second-order valence-corrected chi connectivity index (χ2v) is 11.5. The van der Waals surface area contributed by atoms with E-state index in [1.165, 1.54) is 0 Å². The molecule has 2 N–H and O–H groups in total. The average molecular weight is 550 g/mol. The molecule has 38 heavy (non-hydrogen) atoms. The van der Waals surface area contributed by atoms with Crippen LogP contribution in [0.15, 0.2) is 18.2 Å². The van der Waals surface area contributed by atoms with Crippen LogP contribution in [0.3, 0.4) is 0 Å². The van der Waals surface area contributed by atoms with Crippen molar-refractivity contribution in [3.8, 4) is 0 Å². The lowest BCUT2D eigenvalue weighted by Gasteiger charge is -2.36. The van der Waals surface area contributed by atoms with Crippen LogP contribution in [0, 0.1) is 13.8 Å². The van der Waals surface area contributed by atoms with Crippen molar-refractivity contribution in [2.45, 2.75) is 91.0 Å². The molecule has 1 aromatic carbocycles. The third-order valence-electron chi connectivity index (χ3n) is 6.07. The monoisotopic (exact) mass is 549 g/mol. The smallest absolute Gasteiger partial charge is 0.408 e. The maximum atomic E-state index is 14.1. The Kier molecular flexibility index (Phi) is 11.9. The Balaban J connectivity index is 2.42. The van der Waals surface area contributed by atoms with Gasteiger partial charge in [0.05, 0.1) is 13.0 Å². The third kappa shape index (κ3) is 9.53. The predicted octanol–water partition coefficient (Wildman–Crippen LogP) is 4.05. The summed E-state index contributed by atoms with van der Waals surface area (Å²) in [6.07, 6.45) is 3.23. The summed E-state index contributed by atoms with van der Waals surface area (Å²) >= 11 is 1.57. The number of hydrogen-bond acceptors (Lipinski definition) is 7. The number of benzene rings is 1. The van der Waals surface area contributed by atoms with Gasteiger partial charge in [-0.25, -0.2) is 4.79 Å². The first-order valence-corrected chi connectivity index (χ1v) is 14.6. The van der Waals surface area contributed by atoms with E-state index in [4.69, 9.17) is 9.47 Å². The molecule has 2 rings (SSSR count). The molecule has 0 aliphatic heterocycles. The molecular weight excluding hydrogens is 506 g/mol. The van der Waals surface area contributed by atoms with Crippen molar-refractivity contribution >= 4 is 35.6 Å². The van der Waals surface area contributed by atoms with E-state index in [-0.39, 0.29) is 37.4 Å². The summed E-state index contributed by atoms with van der Waals surface area (Å²) in [4.78, 5) is 54.0. The molecule has 0 spiro atoms. The summed E-state index contributed by atoms with van der Waals surface area (Å²) < 4.78 is 10.4. The van der Waals surface area contributed by atoms with Gasteiger partial charge in [0.25, 0.3) is 0 Å². The minimum atomic E-state index is -0.907. The highest BCUT2D eigenvalue weighted by Gasteiger charge is 2.44. The van der Waals surface area contributed by atoms with Gasteiger partial charge in [0.15, 0.2) is 0 Å². The second kappa shape index (κ2) is 14.4. The van der Waals surface area contributed by atoms with Gasteiger partial charge in [-0.2, -0.15) is 11.8 Å². The molecule has 0 saturated heterocycles. The summed E-state index contributed by atoms with van der Waals surface area (Å²) in [5.74, 6) is -0.441. The van der Waals surface area contributed by atoms with Crippen LogP contribution in [-0.4, -0.2) is 71.6 Å². The Morgan fingerprint density at radius 2 is 1.76 bits per heavy atom. The van der Waals surface area contributed by atoms with Crippen LogP contribution in [-0.2, 0) is 23.9 Å². The van der Waals surface area contributed by atoms with Gasteiger partial charge in [0, 0.05) is 12.6 Å². The van der Waals surface area contributed by atoms with E-state index in [9.17, 15) is 19.2 Å². The molecule has 2 atom stereocenters. The van der Waals surface area contributed by atoms with E-state index in [0.717, 1.165) is 29.5 Å². The molecular formula is C28H43N3O6S. The molecule has 2 unspecified atom stereocenters. The number of rotatable bonds is 13. The number of esters is 1. The Bertz CT molecular complexity index is 969. The van der Waals surface area contributed by atoms with E-state index in [1.54, 1.807) is 44.4 Å². The van der Waals surface area contributed by atoms with Gasteiger partial charge in [0.2, 0.25) is 11.8 Å².